The number of imidazole rings is 1. The van der Waals surface area contributed by atoms with Crippen LogP contribution in [-0.2, 0) is 9.47 Å². The van der Waals surface area contributed by atoms with Crippen LogP contribution in [-0.4, -0.2) is 35.3 Å². The first-order valence-corrected chi connectivity index (χ1v) is 7.01. The summed E-state index contributed by atoms with van der Waals surface area (Å²) in [6.45, 7) is 3.78. The van der Waals surface area contributed by atoms with E-state index in [1.807, 2.05) is 12.4 Å². The number of aromatic nitrogens is 2. The van der Waals surface area contributed by atoms with E-state index in [9.17, 15) is 4.79 Å². The van der Waals surface area contributed by atoms with Gasteiger partial charge in [-0.1, -0.05) is 0 Å². The fourth-order valence-electron chi connectivity index (χ4n) is 2.63. The Balaban J connectivity index is 1.91. The van der Waals surface area contributed by atoms with Crippen LogP contribution in [0.4, 0.5) is 0 Å². The third-order valence-corrected chi connectivity index (χ3v) is 3.67. The van der Waals surface area contributed by atoms with E-state index in [1.54, 1.807) is 19.1 Å². The maximum atomic E-state index is 11.7. The third-order valence-electron chi connectivity index (χ3n) is 3.67. The van der Waals surface area contributed by atoms with Crippen molar-refractivity contribution in [2.24, 2.45) is 0 Å². The van der Waals surface area contributed by atoms with Crippen LogP contribution in [0.25, 0.3) is 11.0 Å². The minimum absolute atomic E-state index is 0.296. The Labute approximate surface area is 117 Å². The largest absolute Gasteiger partial charge is 0.462 e. The van der Waals surface area contributed by atoms with E-state index in [1.165, 1.54) is 0 Å². The summed E-state index contributed by atoms with van der Waals surface area (Å²) in [7, 11) is 0. The number of esters is 1. The second-order valence-corrected chi connectivity index (χ2v) is 4.92. The Morgan fingerprint density at radius 1 is 1.45 bits per heavy atom. The molecule has 0 atom stereocenters. The Morgan fingerprint density at radius 2 is 2.25 bits per heavy atom. The van der Waals surface area contributed by atoms with Crippen LogP contribution in [0.1, 0.15) is 36.2 Å². The fourth-order valence-corrected chi connectivity index (χ4v) is 2.63. The van der Waals surface area contributed by atoms with Gasteiger partial charge >= 0.3 is 5.97 Å². The molecule has 0 bridgehead atoms. The second-order valence-electron chi connectivity index (χ2n) is 4.92. The number of fused-ring (bicyclic) bond motifs is 1. The third kappa shape index (κ3) is 2.41. The zero-order chi connectivity index (χ0) is 13.9. The molecule has 1 aromatic carbocycles. The summed E-state index contributed by atoms with van der Waals surface area (Å²) in [4.78, 5) is 16.1. The number of hydrogen-bond donors (Lipinski definition) is 0. The van der Waals surface area contributed by atoms with E-state index in [-0.39, 0.29) is 5.97 Å². The van der Waals surface area contributed by atoms with Crippen LogP contribution in [0.15, 0.2) is 24.5 Å². The van der Waals surface area contributed by atoms with Gasteiger partial charge in [0.05, 0.1) is 29.5 Å². The number of hydrogen-bond acceptors (Lipinski definition) is 4. The molecule has 2 aromatic rings. The second kappa shape index (κ2) is 5.63. The van der Waals surface area contributed by atoms with Crippen molar-refractivity contribution in [1.82, 2.24) is 9.55 Å². The van der Waals surface area contributed by atoms with Gasteiger partial charge in [0.2, 0.25) is 0 Å². The molecule has 0 amide bonds. The van der Waals surface area contributed by atoms with Crippen molar-refractivity contribution in [2.75, 3.05) is 19.8 Å². The van der Waals surface area contributed by atoms with Crippen molar-refractivity contribution in [1.29, 1.82) is 0 Å². The van der Waals surface area contributed by atoms with Crippen molar-refractivity contribution in [2.45, 2.75) is 25.8 Å². The highest BCUT2D eigenvalue weighted by Gasteiger charge is 2.18. The maximum Gasteiger partial charge on any atom is 0.338 e. The van der Waals surface area contributed by atoms with Crippen molar-refractivity contribution < 1.29 is 14.3 Å². The van der Waals surface area contributed by atoms with Crippen molar-refractivity contribution in [3.8, 4) is 0 Å². The van der Waals surface area contributed by atoms with Gasteiger partial charge in [-0.2, -0.15) is 0 Å². The summed E-state index contributed by atoms with van der Waals surface area (Å²) in [5.74, 6) is -0.296. The molecule has 1 saturated heterocycles. The van der Waals surface area contributed by atoms with Gasteiger partial charge in [0.15, 0.2) is 0 Å². The highest BCUT2D eigenvalue weighted by Crippen LogP contribution is 2.26. The van der Waals surface area contributed by atoms with Gasteiger partial charge in [0.25, 0.3) is 0 Å². The van der Waals surface area contributed by atoms with Crippen LogP contribution < -0.4 is 0 Å². The van der Waals surface area contributed by atoms with Crippen LogP contribution in [0, 0.1) is 0 Å². The number of carbonyl (C=O) groups is 1. The standard InChI is InChI=1S/C15H18N2O3/c1-2-20-15(18)11-3-4-14-13(9-11)16-10-17(14)12-5-7-19-8-6-12/h3-4,9-10,12H,2,5-8H2,1H3. The minimum atomic E-state index is -0.296. The zero-order valence-electron chi connectivity index (χ0n) is 11.5. The van der Waals surface area contributed by atoms with E-state index in [2.05, 4.69) is 9.55 Å². The van der Waals surface area contributed by atoms with Gasteiger partial charge in [0, 0.05) is 19.3 Å². The Morgan fingerprint density at radius 3 is 3.00 bits per heavy atom. The Bertz CT molecular complexity index is 615. The monoisotopic (exact) mass is 274 g/mol. The van der Waals surface area contributed by atoms with Crippen LogP contribution in [0.5, 0.6) is 0 Å². The van der Waals surface area contributed by atoms with Gasteiger partial charge in [-0.15, -0.1) is 0 Å². The molecule has 1 aliphatic heterocycles. The number of benzene rings is 1. The lowest BCUT2D eigenvalue weighted by atomic mass is 10.1. The molecule has 0 aliphatic carbocycles. The molecule has 5 nitrogen and oxygen atoms in total. The molecule has 106 valence electrons. The molecule has 1 aromatic heterocycles. The Hall–Kier alpha value is -1.88. The minimum Gasteiger partial charge on any atom is -0.462 e. The molecule has 0 N–H and O–H groups in total. The molecule has 2 heterocycles. The first kappa shape index (κ1) is 13.1. The number of carbonyl (C=O) groups excluding carboxylic acids is 1. The predicted molar refractivity (Wildman–Crippen MR) is 74.8 cm³/mol. The quantitative estimate of drug-likeness (QED) is 0.807. The molecule has 3 rings (SSSR count). The fraction of sp³-hybridized carbons (Fsp3) is 0.467. The molecule has 0 spiro atoms. The summed E-state index contributed by atoms with van der Waals surface area (Å²) in [6, 6.07) is 5.98. The van der Waals surface area contributed by atoms with E-state index in [0.717, 1.165) is 37.1 Å². The summed E-state index contributed by atoms with van der Waals surface area (Å²) in [5, 5.41) is 0. The van der Waals surface area contributed by atoms with Gasteiger partial charge < -0.3 is 14.0 Å². The lowest BCUT2D eigenvalue weighted by Gasteiger charge is -2.23. The lowest BCUT2D eigenvalue weighted by molar-refractivity contribution is 0.0526. The Kier molecular flexibility index (Phi) is 3.69. The molecule has 5 heteroatoms. The zero-order valence-corrected chi connectivity index (χ0v) is 11.5. The van der Waals surface area contributed by atoms with Crippen LogP contribution in [0.2, 0.25) is 0 Å². The highest BCUT2D eigenvalue weighted by atomic mass is 16.5. The number of ether oxygens (including phenoxy) is 2. The molecule has 0 saturated carbocycles. The van der Waals surface area contributed by atoms with Gasteiger partial charge in [0.1, 0.15) is 0 Å². The normalized spacial score (nSPS) is 16.4. The summed E-state index contributed by atoms with van der Waals surface area (Å²) >= 11 is 0. The molecule has 20 heavy (non-hydrogen) atoms. The van der Waals surface area contributed by atoms with Crippen molar-refractivity contribution in [3.05, 3.63) is 30.1 Å². The number of nitrogens with zero attached hydrogens (tertiary/aromatic N) is 2. The van der Waals surface area contributed by atoms with E-state index in [4.69, 9.17) is 9.47 Å². The van der Waals surface area contributed by atoms with Crippen LogP contribution >= 0.6 is 0 Å². The summed E-state index contributed by atoms with van der Waals surface area (Å²) in [5.41, 5.74) is 2.45. The summed E-state index contributed by atoms with van der Waals surface area (Å²) in [6.07, 6.45) is 3.87. The van der Waals surface area contributed by atoms with E-state index in [0.29, 0.717) is 18.2 Å². The first-order valence-electron chi connectivity index (χ1n) is 7.01. The smallest absolute Gasteiger partial charge is 0.338 e. The van der Waals surface area contributed by atoms with Gasteiger partial charge in [-0.3, -0.25) is 0 Å². The van der Waals surface area contributed by atoms with Crippen molar-refractivity contribution >= 4 is 17.0 Å². The maximum absolute atomic E-state index is 11.7. The SMILES string of the molecule is CCOC(=O)c1ccc2c(c1)ncn2C1CCOCC1. The number of rotatable bonds is 3. The average Bonchev–Trinajstić information content (AvgIpc) is 2.91. The van der Waals surface area contributed by atoms with Gasteiger partial charge in [-0.05, 0) is 38.0 Å². The molecular formula is C15H18N2O3. The lowest BCUT2D eigenvalue weighted by Crippen LogP contribution is -2.18. The first-order chi connectivity index (χ1) is 9.79. The molecule has 1 fully saturated rings. The topological polar surface area (TPSA) is 53.3 Å². The predicted octanol–water partition coefficient (Wildman–Crippen LogP) is 2.56. The molecular weight excluding hydrogens is 256 g/mol. The molecule has 0 unspecified atom stereocenters. The molecule has 0 radical (unpaired) electrons. The van der Waals surface area contributed by atoms with Crippen molar-refractivity contribution in [3.63, 3.8) is 0 Å². The van der Waals surface area contributed by atoms with Gasteiger partial charge in [-0.25, -0.2) is 9.78 Å². The molecule has 1 aliphatic rings. The average molecular weight is 274 g/mol. The summed E-state index contributed by atoms with van der Waals surface area (Å²) < 4.78 is 12.6. The van der Waals surface area contributed by atoms with E-state index < -0.39 is 0 Å². The van der Waals surface area contributed by atoms with Crippen LogP contribution in [0.3, 0.4) is 0 Å². The highest BCUT2D eigenvalue weighted by molar-refractivity contribution is 5.93. The van der Waals surface area contributed by atoms with E-state index >= 15 is 0 Å².